The zero-order valence-corrected chi connectivity index (χ0v) is 11.5. The van der Waals surface area contributed by atoms with Gasteiger partial charge >= 0.3 is 0 Å². The van der Waals surface area contributed by atoms with Crippen molar-refractivity contribution in [1.29, 1.82) is 0 Å². The molecule has 0 saturated carbocycles. The third-order valence-corrected chi connectivity index (χ3v) is 2.29. The number of carbonyl (C=O) groups is 1. The minimum absolute atomic E-state index is 0.0486. The van der Waals surface area contributed by atoms with Gasteiger partial charge in [0, 0.05) is 18.3 Å². The predicted octanol–water partition coefficient (Wildman–Crippen LogP) is 2.27. The van der Waals surface area contributed by atoms with E-state index in [1.54, 1.807) is 13.2 Å². The molecule has 0 radical (unpaired) electrons. The number of carbonyl (C=O) groups excluding carboxylic acids is 1. The van der Waals surface area contributed by atoms with Crippen LogP contribution in [0.1, 0.15) is 20.8 Å². The minimum Gasteiger partial charge on any atom is -0.497 e. The van der Waals surface area contributed by atoms with Gasteiger partial charge in [0.15, 0.2) is 0 Å². The van der Waals surface area contributed by atoms with Crippen molar-refractivity contribution >= 4 is 11.6 Å². The van der Waals surface area contributed by atoms with E-state index in [1.165, 1.54) is 0 Å². The summed E-state index contributed by atoms with van der Waals surface area (Å²) >= 11 is 0. The van der Waals surface area contributed by atoms with Gasteiger partial charge in [-0.2, -0.15) is 0 Å². The third-order valence-electron chi connectivity index (χ3n) is 2.29. The summed E-state index contributed by atoms with van der Waals surface area (Å²) in [5.74, 6) is 0.683. The van der Waals surface area contributed by atoms with Gasteiger partial charge in [-0.25, -0.2) is 0 Å². The van der Waals surface area contributed by atoms with Crippen LogP contribution < -0.4 is 15.4 Å². The van der Waals surface area contributed by atoms with Crippen LogP contribution in [0.15, 0.2) is 24.3 Å². The van der Waals surface area contributed by atoms with Crippen LogP contribution >= 0.6 is 0 Å². The van der Waals surface area contributed by atoms with Crippen molar-refractivity contribution in [3.05, 3.63) is 24.3 Å². The molecule has 0 aliphatic heterocycles. The first-order chi connectivity index (χ1) is 8.40. The fraction of sp³-hybridized carbons (Fsp3) is 0.500. The molecular weight excluding hydrogens is 228 g/mol. The molecule has 0 aliphatic carbocycles. The summed E-state index contributed by atoms with van der Waals surface area (Å²) in [4.78, 5) is 11.7. The molecule has 4 heteroatoms. The molecule has 2 N–H and O–H groups in total. The van der Waals surface area contributed by atoms with Crippen molar-refractivity contribution in [3.63, 3.8) is 0 Å². The van der Waals surface area contributed by atoms with Crippen LogP contribution in [0.5, 0.6) is 5.75 Å². The van der Waals surface area contributed by atoms with E-state index in [0.29, 0.717) is 6.54 Å². The molecule has 0 heterocycles. The van der Waals surface area contributed by atoms with E-state index in [4.69, 9.17) is 4.74 Å². The first-order valence-electron chi connectivity index (χ1n) is 6.05. The number of ether oxygens (including phenoxy) is 1. The SMILES string of the molecule is COc1cccc(NC(=O)CNCC(C)(C)C)c1. The highest BCUT2D eigenvalue weighted by Gasteiger charge is 2.10. The van der Waals surface area contributed by atoms with Crippen molar-refractivity contribution < 1.29 is 9.53 Å². The monoisotopic (exact) mass is 250 g/mol. The maximum absolute atomic E-state index is 11.7. The van der Waals surface area contributed by atoms with Gasteiger partial charge in [0.25, 0.3) is 0 Å². The lowest BCUT2D eigenvalue weighted by Crippen LogP contribution is -2.33. The number of nitrogens with one attached hydrogen (secondary N) is 2. The zero-order valence-electron chi connectivity index (χ0n) is 11.5. The highest BCUT2D eigenvalue weighted by Crippen LogP contribution is 2.16. The molecule has 0 unspecified atom stereocenters. The Hall–Kier alpha value is -1.55. The maximum Gasteiger partial charge on any atom is 0.238 e. The Labute approximate surface area is 109 Å². The van der Waals surface area contributed by atoms with Crippen molar-refractivity contribution in [2.45, 2.75) is 20.8 Å². The number of rotatable bonds is 5. The molecule has 0 aliphatic rings. The highest BCUT2D eigenvalue weighted by atomic mass is 16.5. The van der Waals surface area contributed by atoms with E-state index in [0.717, 1.165) is 18.0 Å². The third kappa shape index (κ3) is 5.68. The van der Waals surface area contributed by atoms with Crippen LogP contribution in [-0.2, 0) is 4.79 Å². The van der Waals surface area contributed by atoms with Crippen LogP contribution in [0.4, 0.5) is 5.69 Å². The summed E-state index contributed by atoms with van der Waals surface area (Å²) in [6, 6.07) is 7.32. The first kappa shape index (κ1) is 14.5. The molecule has 18 heavy (non-hydrogen) atoms. The van der Waals surface area contributed by atoms with E-state index in [2.05, 4.69) is 31.4 Å². The van der Waals surface area contributed by atoms with Crippen molar-refractivity contribution in [3.8, 4) is 5.75 Å². The van der Waals surface area contributed by atoms with Gasteiger partial charge in [-0.15, -0.1) is 0 Å². The first-order valence-corrected chi connectivity index (χ1v) is 6.05. The molecule has 1 rings (SSSR count). The van der Waals surface area contributed by atoms with Crippen LogP contribution in [0, 0.1) is 5.41 Å². The summed E-state index contributed by atoms with van der Waals surface area (Å²) in [7, 11) is 1.60. The lowest BCUT2D eigenvalue weighted by Gasteiger charge is -2.18. The average molecular weight is 250 g/mol. The topological polar surface area (TPSA) is 50.4 Å². The molecule has 100 valence electrons. The quantitative estimate of drug-likeness (QED) is 0.843. The molecule has 1 aromatic carbocycles. The summed E-state index contributed by atoms with van der Waals surface area (Å²) < 4.78 is 5.10. The number of methoxy groups -OCH3 is 1. The Morgan fingerprint density at radius 3 is 2.67 bits per heavy atom. The van der Waals surface area contributed by atoms with Gasteiger partial charge in [-0.05, 0) is 17.5 Å². The van der Waals surface area contributed by atoms with Crippen LogP contribution in [0.2, 0.25) is 0 Å². The fourth-order valence-electron chi connectivity index (χ4n) is 1.46. The molecular formula is C14H22N2O2. The van der Waals surface area contributed by atoms with Crippen LogP contribution in [-0.4, -0.2) is 26.1 Å². The van der Waals surface area contributed by atoms with Gasteiger partial charge in [-0.1, -0.05) is 26.8 Å². The van der Waals surface area contributed by atoms with Gasteiger partial charge in [0.2, 0.25) is 5.91 Å². The predicted molar refractivity (Wildman–Crippen MR) is 73.9 cm³/mol. The maximum atomic E-state index is 11.7. The van der Waals surface area contributed by atoms with Gasteiger partial charge in [0.1, 0.15) is 5.75 Å². The lowest BCUT2D eigenvalue weighted by atomic mass is 9.97. The smallest absolute Gasteiger partial charge is 0.238 e. The number of benzene rings is 1. The van der Waals surface area contributed by atoms with E-state index in [9.17, 15) is 4.79 Å². The number of hydrogen-bond acceptors (Lipinski definition) is 3. The van der Waals surface area contributed by atoms with Gasteiger partial charge < -0.3 is 15.4 Å². The van der Waals surface area contributed by atoms with Crippen molar-refractivity contribution in [2.24, 2.45) is 5.41 Å². The van der Waals surface area contributed by atoms with E-state index in [-0.39, 0.29) is 11.3 Å². The second kappa shape index (κ2) is 6.40. The summed E-state index contributed by atoms with van der Waals surface area (Å²) in [5.41, 5.74) is 0.924. The van der Waals surface area contributed by atoms with E-state index in [1.807, 2.05) is 18.2 Å². The number of anilines is 1. The largest absolute Gasteiger partial charge is 0.497 e. The Balaban J connectivity index is 2.40. The molecule has 0 fully saturated rings. The minimum atomic E-state index is -0.0486. The van der Waals surface area contributed by atoms with Gasteiger partial charge in [0.05, 0.1) is 13.7 Å². The normalized spacial score (nSPS) is 11.1. The fourth-order valence-corrected chi connectivity index (χ4v) is 1.46. The molecule has 1 aromatic rings. The number of hydrogen-bond donors (Lipinski definition) is 2. The van der Waals surface area contributed by atoms with Crippen LogP contribution in [0.3, 0.4) is 0 Å². The molecule has 0 atom stereocenters. The van der Waals surface area contributed by atoms with Crippen LogP contribution in [0.25, 0.3) is 0 Å². The Kier molecular flexibility index (Phi) is 5.16. The van der Waals surface area contributed by atoms with Crippen molar-refractivity contribution in [1.82, 2.24) is 5.32 Å². The van der Waals surface area contributed by atoms with Gasteiger partial charge in [-0.3, -0.25) is 4.79 Å². The average Bonchev–Trinajstić information content (AvgIpc) is 2.27. The molecule has 1 amide bonds. The summed E-state index contributed by atoms with van der Waals surface area (Å²) in [5, 5.41) is 5.95. The van der Waals surface area contributed by atoms with E-state index >= 15 is 0 Å². The Morgan fingerprint density at radius 2 is 2.06 bits per heavy atom. The lowest BCUT2D eigenvalue weighted by molar-refractivity contribution is -0.115. The second-order valence-electron chi connectivity index (χ2n) is 5.44. The Morgan fingerprint density at radius 1 is 1.33 bits per heavy atom. The Bertz CT molecular complexity index is 397. The summed E-state index contributed by atoms with van der Waals surface area (Å²) in [6.45, 7) is 7.49. The highest BCUT2D eigenvalue weighted by molar-refractivity contribution is 5.92. The molecule has 4 nitrogen and oxygen atoms in total. The van der Waals surface area contributed by atoms with Crippen molar-refractivity contribution in [2.75, 3.05) is 25.5 Å². The molecule has 0 spiro atoms. The second-order valence-corrected chi connectivity index (χ2v) is 5.44. The molecule has 0 aromatic heterocycles. The molecule has 0 bridgehead atoms. The molecule has 0 saturated heterocycles. The summed E-state index contributed by atoms with van der Waals surface area (Å²) in [6.07, 6.45) is 0. The zero-order chi connectivity index (χ0) is 13.6. The number of amides is 1. The van der Waals surface area contributed by atoms with E-state index < -0.39 is 0 Å². The standard InChI is InChI=1S/C14H22N2O2/c1-14(2,3)10-15-9-13(17)16-11-6-5-7-12(8-11)18-4/h5-8,15H,9-10H2,1-4H3,(H,16,17).